The Balaban J connectivity index is 1.51. The summed E-state index contributed by atoms with van der Waals surface area (Å²) in [5, 5.41) is 14.0. The fourth-order valence-corrected chi connectivity index (χ4v) is 4.97. The molecule has 2 aromatic heterocycles. The number of tetrazole rings is 1. The standard InChI is InChI=1S/C22H20N4O2S/c1-13-5-3-6-14(2)21(13)26-22(23-24-25-26)29-12-17-11-20(27)28-19-10-16-8-4-7-15(16)9-18(17)19/h3,5-6,9-11H,4,7-8,12H2,1-2H3. The molecule has 29 heavy (non-hydrogen) atoms. The van der Waals surface area contributed by atoms with Crippen molar-refractivity contribution in [2.45, 2.75) is 44.0 Å². The van der Waals surface area contributed by atoms with Crippen LogP contribution in [0, 0.1) is 13.8 Å². The fraction of sp³-hybridized carbons (Fsp3) is 0.273. The first kappa shape index (κ1) is 18.1. The highest BCUT2D eigenvalue weighted by molar-refractivity contribution is 7.98. The molecule has 5 rings (SSSR count). The first-order valence-electron chi connectivity index (χ1n) is 9.66. The van der Waals surface area contributed by atoms with E-state index in [2.05, 4.69) is 47.6 Å². The van der Waals surface area contributed by atoms with Gasteiger partial charge in [-0.3, -0.25) is 0 Å². The molecule has 0 aliphatic heterocycles. The third-order valence-electron chi connectivity index (χ3n) is 5.49. The first-order chi connectivity index (χ1) is 14.1. The van der Waals surface area contributed by atoms with E-state index in [1.807, 2.05) is 12.1 Å². The number of aryl methyl sites for hydroxylation is 4. The molecule has 2 heterocycles. The van der Waals surface area contributed by atoms with E-state index in [0.717, 1.165) is 47.0 Å². The summed E-state index contributed by atoms with van der Waals surface area (Å²) in [5.74, 6) is 0.589. The van der Waals surface area contributed by atoms with E-state index in [1.165, 1.54) is 22.9 Å². The summed E-state index contributed by atoms with van der Waals surface area (Å²) in [6.45, 7) is 4.10. The summed E-state index contributed by atoms with van der Waals surface area (Å²) in [6, 6.07) is 11.9. The quantitative estimate of drug-likeness (QED) is 0.375. The molecule has 4 aromatic rings. The van der Waals surface area contributed by atoms with Crippen molar-refractivity contribution in [2.24, 2.45) is 0 Å². The minimum atomic E-state index is -0.319. The molecule has 7 heteroatoms. The van der Waals surface area contributed by atoms with Crippen molar-refractivity contribution in [3.8, 4) is 5.69 Å². The van der Waals surface area contributed by atoms with Crippen molar-refractivity contribution >= 4 is 22.7 Å². The highest BCUT2D eigenvalue weighted by Gasteiger charge is 2.17. The van der Waals surface area contributed by atoms with Gasteiger partial charge in [0.1, 0.15) is 5.58 Å². The number of para-hydroxylation sites is 1. The van der Waals surface area contributed by atoms with Gasteiger partial charge in [-0.05, 0) is 83.5 Å². The summed E-state index contributed by atoms with van der Waals surface area (Å²) < 4.78 is 7.26. The summed E-state index contributed by atoms with van der Waals surface area (Å²) >= 11 is 1.52. The van der Waals surface area contributed by atoms with Gasteiger partial charge in [-0.15, -0.1) is 5.10 Å². The molecule has 146 valence electrons. The van der Waals surface area contributed by atoms with Crippen LogP contribution in [0.3, 0.4) is 0 Å². The van der Waals surface area contributed by atoms with E-state index < -0.39 is 0 Å². The number of aromatic nitrogens is 4. The number of thioether (sulfide) groups is 1. The molecular weight excluding hydrogens is 384 g/mol. The van der Waals surface area contributed by atoms with E-state index in [-0.39, 0.29) is 5.63 Å². The largest absolute Gasteiger partial charge is 0.423 e. The van der Waals surface area contributed by atoms with Gasteiger partial charge in [-0.1, -0.05) is 30.0 Å². The van der Waals surface area contributed by atoms with Gasteiger partial charge in [0.15, 0.2) is 0 Å². The van der Waals surface area contributed by atoms with Gasteiger partial charge in [0.25, 0.3) is 0 Å². The second-order valence-electron chi connectivity index (χ2n) is 7.46. The third kappa shape index (κ3) is 3.25. The summed E-state index contributed by atoms with van der Waals surface area (Å²) in [7, 11) is 0. The minimum Gasteiger partial charge on any atom is -0.423 e. The van der Waals surface area contributed by atoms with Crippen LogP contribution in [0.4, 0.5) is 0 Å². The average molecular weight is 404 g/mol. The number of hydrogen-bond acceptors (Lipinski definition) is 6. The lowest BCUT2D eigenvalue weighted by Gasteiger charge is -2.11. The van der Waals surface area contributed by atoms with Gasteiger partial charge >= 0.3 is 5.63 Å². The minimum absolute atomic E-state index is 0.319. The van der Waals surface area contributed by atoms with Gasteiger partial charge in [0.05, 0.1) is 5.69 Å². The lowest BCUT2D eigenvalue weighted by Crippen LogP contribution is -2.05. The zero-order valence-corrected chi connectivity index (χ0v) is 17.1. The molecule has 0 saturated heterocycles. The van der Waals surface area contributed by atoms with E-state index in [0.29, 0.717) is 16.5 Å². The predicted molar refractivity (Wildman–Crippen MR) is 113 cm³/mol. The molecule has 0 radical (unpaired) electrons. The molecule has 0 fully saturated rings. The van der Waals surface area contributed by atoms with Crippen LogP contribution < -0.4 is 5.63 Å². The van der Waals surface area contributed by atoms with Crippen LogP contribution in [0.1, 0.15) is 34.2 Å². The Labute approximate surface area is 171 Å². The summed E-state index contributed by atoms with van der Waals surface area (Å²) in [4.78, 5) is 12.1. The Bertz CT molecular complexity index is 1270. The second kappa shape index (κ2) is 7.15. The first-order valence-corrected chi connectivity index (χ1v) is 10.6. The highest BCUT2D eigenvalue weighted by atomic mass is 32.2. The van der Waals surface area contributed by atoms with Crippen LogP contribution in [-0.4, -0.2) is 20.2 Å². The van der Waals surface area contributed by atoms with Gasteiger partial charge in [-0.25, -0.2) is 4.79 Å². The number of nitrogens with zero attached hydrogens (tertiary/aromatic N) is 4. The van der Waals surface area contributed by atoms with Gasteiger partial charge in [-0.2, -0.15) is 4.68 Å². The van der Waals surface area contributed by atoms with Crippen LogP contribution in [0.15, 0.2) is 50.8 Å². The molecule has 0 N–H and O–H groups in total. The average Bonchev–Trinajstić information content (AvgIpc) is 3.33. The maximum Gasteiger partial charge on any atom is 0.336 e. The molecule has 0 bridgehead atoms. The molecule has 0 amide bonds. The SMILES string of the molecule is Cc1cccc(C)c1-n1nnnc1SCc1cc(=O)oc2cc3c(cc12)CCC3. The van der Waals surface area contributed by atoms with Crippen LogP contribution >= 0.6 is 11.8 Å². The van der Waals surface area contributed by atoms with E-state index >= 15 is 0 Å². The molecule has 2 aromatic carbocycles. The Morgan fingerprint density at radius 2 is 1.86 bits per heavy atom. The normalized spacial score (nSPS) is 13.2. The van der Waals surface area contributed by atoms with Crippen LogP contribution in [0.2, 0.25) is 0 Å². The van der Waals surface area contributed by atoms with Gasteiger partial charge in [0, 0.05) is 17.2 Å². The molecule has 0 atom stereocenters. The third-order valence-corrected chi connectivity index (χ3v) is 6.46. The van der Waals surface area contributed by atoms with Crippen molar-refractivity contribution in [1.82, 2.24) is 20.2 Å². The topological polar surface area (TPSA) is 73.8 Å². The van der Waals surface area contributed by atoms with Crippen LogP contribution in [0.5, 0.6) is 0 Å². The van der Waals surface area contributed by atoms with E-state index in [4.69, 9.17) is 4.42 Å². The Morgan fingerprint density at radius 3 is 2.66 bits per heavy atom. The summed E-state index contributed by atoms with van der Waals surface area (Å²) in [5.41, 5.74) is 7.18. The molecule has 0 spiro atoms. The lowest BCUT2D eigenvalue weighted by molar-refractivity contribution is 0.559. The van der Waals surface area contributed by atoms with E-state index in [1.54, 1.807) is 10.7 Å². The molecule has 1 aliphatic carbocycles. The molecule has 0 saturated carbocycles. The monoisotopic (exact) mass is 404 g/mol. The number of benzene rings is 2. The zero-order chi connectivity index (χ0) is 20.0. The zero-order valence-electron chi connectivity index (χ0n) is 16.3. The van der Waals surface area contributed by atoms with Gasteiger partial charge in [0.2, 0.25) is 5.16 Å². The smallest absolute Gasteiger partial charge is 0.336 e. The predicted octanol–water partition coefficient (Wildman–Crippen LogP) is 4.17. The Morgan fingerprint density at radius 1 is 1.10 bits per heavy atom. The molecule has 6 nitrogen and oxygen atoms in total. The highest BCUT2D eigenvalue weighted by Crippen LogP contribution is 2.31. The number of fused-ring (bicyclic) bond motifs is 2. The second-order valence-corrected chi connectivity index (χ2v) is 8.41. The molecular formula is C22H20N4O2S. The van der Waals surface area contributed by atoms with Crippen LogP contribution in [0.25, 0.3) is 16.7 Å². The Kier molecular flexibility index (Phi) is 4.47. The van der Waals surface area contributed by atoms with Crippen molar-refractivity contribution in [3.63, 3.8) is 0 Å². The number of rotatable bonds is 4. The maximum atomic E-state index is 12.1. The van der Waals surface area contributed by atoms with Gasteiger partial charge < -0.3 is 4.42 Å². The molecule has 0 unspecified atom stereocenters. The maximum absolute atomic E-state index is 12.1. The van der Waals surface area contributed by atoms with E-state index in [9.17, 15) is 4.79 Å². The van der Waals surface area contributed by atoms with Crippen molar-refractivity contribution in [3.05, 3.63) is 74.6 Å². The van der Waals surface area contributed by atoms with Crippen molar-refractivity contribution in [2.75, 3.05) is 0 Å². The van der Waals surface area contributed by atoms with Crippen molar-refractivity contribution < 1.29 is 4.42 Å². The molecule has 1 aliphatic rings. The fourth-order valence-electron chi connectivity index (χ4n) is 4.11. The lowest BCUT2D eigenvalue weighted by atomic mass is 10.0. The van der Waals surface area contributed by atoms with Crippen molar-refractivity contribution in [1.29, 1.82) is 0 Å². The Hall–Kier alpha value is -2.93. The summed E-state index contributed by atoms with van der Waals surface area (Å²) in [6.07, 6.45) is 3.30. The number of hydrogen-bond donors (Lipinski definition) is 0. The van der Waals surface area contributed by atoms with Crippen LogP contribution in [-0.2, 0) is 18.6 Å².